The molecule has 3 atom stereocenters. The molecular formula is C11H22N2O2. The van der Waals surface area contributed by atoms with Gasteiger partial charge in [0.1, 0.15) is 6.10 Å². The van der Waals surface area contributed by atoms with Gasteiger partial charge in [0.15, 0.2) is 0 Å². The van der Waals surface area contributed by atoms with Crippen molar-refractivity contribution >= 4 is 6.09 Å². The van der Waals surface area contributed by atoms with E-state index in [9.17, 15) is 4.79 Å². The van der Waals surface area contributed by atoms with Gasteiger partial charge in [-0.2, -0.15) is 0 Å². The second kappa shape index (κ2) is 5.35. The van der Waals surface area contributed by atoms with Crippen LogP contribution in [-0.4, -0.2) is 12.2 Å². The van der Waals surface area contributed by atoms with Gasteiger partial charge in [0.2, 0.25) is 0 Å². The van der Waals surface area contributed by atoms with E-state index in [0.29, 0.717) is 17.8 Å². The van der Waals surface area contributed by atoms with Gasteiger partial charge in [-0.1, -0.05) is 27.2 Å². The van der Waals surface area contributed by atoms with Crippen LogP contribution in [0.5, 0.6) is 0 Å². The number of carbonyl (C=O) groups is 1. The molecule has 0 aromatic heterocycles. The predicted octanol–water partition coefficient (Wildman–Crippen LogP) is 2.05. The fraction of sp³-hybridized carbons (Fsp3) is 0.909. The van der Waals surface area contributed by atoms with E-state index in [0.717, 1.165) is 12.8 Å². The van der Waals surface area contributed by atoms with Crippen molar-refractivity contribution in [3.8, 4) is 0 Å². The van der Waals surface area contributed by atoms with Crippen molar-refractivity contribution in [1.29, 1.82) is 0 Å². The lowest BCUT2D eigenvalue weighted by Gasteiger charge is -2.36. The van der Waals surface area contributed by atoms with Gasteiger partial charge in [-0.15, -0.1) is 0 Å². The Bertz CT molecular complexity index is 219. The zero-order valence-electron chi connectivity index (χ0n) is 9.82. The molecule has 15 heavy (non-hydrogen) atoms. The third-order valence-electron chi connectivity index (χ3n) is 3.34. The Hall–Kier alpha value is -0.770. The van der Waals surface area contributed by atoms with E-state index in [1.807, 2.05) is 5.43 Å². The van der Waals surface area contributed by atoms with Gasteiger partial charge in [0, 0.05) is 0 Å². The number of hydrogen-bond donors (Lipinski definition) is 2. The molecule has 0 aromatic carbocycles. The Balaban J connectivity index is 2.57. The van der Waals surface area contributed by atoms with Crippen LogP contribution in [0.25, 0.3) is 0 Å². The lowest BCUT2D eigenvalue weighted by atomic mass is 9.75. The average Bonchev–Trinajstić information content (AvgIpc) is 2.17. The summed E-state index contributed by atoms with van der Waals surface area (Å²) >= 11 is 0. The molecule has 88 valence electrons. The van der Waals surface area contributed by atoms with Crippen LogP contribution in [0.1, 0.15) is 40.0 Å². The summed E-state index contributed by atoms with van der Waals surface area (Å²) in [6.07, 6.45) is 2.84. The number of hydrazine groups is 1. The zero-order valence-corrected chi connectivity index (χ0v) is 9.82. The summed E-state index contributed by atoms with van der Waals surface area (Å²) < 4.78 is 5.31. The topological polar surface area (TPSA) is 64.3 Å². The minimum Gasteiger partial charge on any atom is -0.445 e. The first-order chi connectivity index (χ1) is 7.04. The SMILES string of the molecule is CC(C)[C@@H]1CC[C@H](C)C[C@H]1OC(=O)NN. The summed E-state index contributed by atoms with van der Waals surface area (Å²) in [7, 11) is 0. The van der Waals surface area contributed by atoms with Crippen molar-refractivity contribution in [2.24, 2.45) is 23.6 Å². The number of nitrogens with one attached hydrogen (secondary N) is 1. The molecule has 4 nitrogen and oxygen atoms in total. The maximum atomic E-state index is 11.1. The number of hydrogen-bond acceptors (Lipinski definition) is 3. The highest BCUT2D eigenvalue weighted by Gasteiger charge is 2.33. The van der Waals surface area contributed by atoms with Crippen LogP contribution in [0.4, 0.5) is 4.79 Å². The van der Waals surface area contributed by atoms with Crippen LogP contribution in [0.15, 0.2) is 0 Å². The Morgan fingerprint density at radius 2 is 2.13 bits per heavy atom. The highest BCUT2D eigenvalue weighted by Crippen LogP contribution is 2.35. The second-order valence-corrected chi connectivity index (χ2v) is 4.91. The standard InChI is InChI=1S/C11H22N2O2/c1-7(2)9-5-4-8(3)6-10(9)15-11(14)13-12/h7-10H,4-6,12H2,1-3H3,(H,13,14)/t8-,9-,10+/m0/s1. The van der Waals surface area contributed by atoms with Crippen molar-refractivity contribution in [2.75, 3.05) is 0 Å². The van der Waals surface area contributed by atoms with Crippen LogP contribution in [0.3, 0.4) is 0 Å². The van der Waals surface area contributed by atoms with E-state index in [-0.39, 0.29) is 6.10 Å². The van der Waals surface area contributed by atoms with Crippen molar-refractivity contribution < 1.29 is 9.53 Å². The highest BCUT2D eigenvalue weighted by molar-refractivity contribution is 5.66. The summed E-state index contributed by atoms with van der Waals surface area (Å²) in [5, 5.41) is 0. The summed E-state index contributed by atoms with van der Waals surface area (Å²) in [6, 6.07) is 0. The molecule has 0 aliphatic heterocycles. The van der Waals surface area contributed by atoms with Crippen molar-refractivity contribution in [1.82, 2.24) is 5.43 Å². The normalized spacial score (nSPS) is 31.4. The highest BCUT2D eigenvalue weighted by atomic mass is 16.6. The monoisotopic (exact) mass is 214 g/mol. The maximum Gasteiger partial charge on any atom is 0.421 e. The summed E-state index contributed by atoms with van der Waals surface area (Å²) in [5.74, 6) is 6.68. The molecule has 0 unspecified atom stereocenters. The zero-order chi connectivity index (χ0) is 11.4. The molecule has 0 spiro atoms. The predicted molar refractivity (Wildman–Crippen MR) is 58.9 cm³/mol. The van der Waals surface area contributed by atoms with Crippen molar-refractivity contribution in [3.63, 3.8) is 0 Å². The van der Waals surface area contributed by atoms with Crippen LogP contribution in [0, 0.1) is 17.8 Å². The molecule has 4 heteroatoms. The van der Waals surface area contributed by atoms with Gasteiger partial charge in [-0.05, 0) is 30.6 Å². The number of ether oxygens (including phenoxy) is 1. The number of amides is 1. The summed E-state index contributed by atoms with van der Waals surface area (Å²) in [6.45, 7) is 6.56. The number of nitrogens with two attached hydrogens (primary N) is 1. The van der Waals surface area contributed by atoms with E-state index in [4.69, 9.17) is 10.6 Å². The molecule has 3 N–H and O–H groups in total. The van der Waals surface area contributed by atoms with Gasteiger partial charge >= 0.3 is 6.09 Å². The Kier molecular flexibility index (Phi) is 4.39. The first kappa shape index (κ1) is 12.3. The van der Waals surface area contributed by atoms with Crippen LogP contribution >= 0.6 is 0 Å². The van der Waals surface area contributed by atoms with Crippen molar-refractivity contribution in [3.05, 3.63) is 0 Å². The largest absolute Gasteiger partial charge is 0.445 e. The molecule has 1 saturated carbocycles. The molecule has 0 heterocycles. The average molecular weight is 214 g/mol. The van der Waals surface area contributed by atoms with E-state index in [1.165, 1.54) is 6.42 Å². The van der Waals surface area contributed by atoms with Crippen molar-refractivity contribution in [2.45, 2.75) is 46.1 Å². The third kappa shape index (κ3) is 3.38. The first-order valence-electron chi connectivity index (χ1n) is 5.71. The molecule has 0 saturated heterocycles. The van der Waals surface area contributed by atoms with Crippen LogP contribution < -0.4 is 11.3 Å². The Labute approximate surface area is 91.5 Å². The molecule has 1 amide bonds. The Morgan fingerprint density at radius 1 is 1.47 bits per heavy atom. The summed E-state index contributed by atoms with van der Waals surface area (Å²) in [5.41, 5.74) is 2.03. The minimum absolute atomic E-state index is 0.0253. The lowest BCUT2D eigenvalue weighted by Crippen LogP contribution is -2.40. The van der Waals surface area contributed by atoms with Crippen LogP contribution in [0.2, 0.25) is 0 Å². The van der Waals surface area contributed by atoms with E-state index < -0.39 is 6.09 Å². The molecule has 1 fully saturated rings. The molecule has 0 aromatic rings. The van der Waals surface area contributed by atoms with Gasteiger partial charge in [-0.25, -0.2) is 10.6 Å². The molecular weight excluding hydrogens is 192 g/mol. The molecule has 0 bridgehead atoms. The summed E-state index contributed by atoms with van der Waals surface area (Å²) in [4.78, 5) is 11.1. The molecule has 1 aliphatic carbocycles. The fourth-order valence-corrected chi connectivity index (χ4v) is 2.42. The molecule has 0 radical (unpaired) electrons. The van der Waals surface area contributed by atoms with Gasteiger partial charge in [-0.3, -0.25) is 5.43 Å². The van der Waals surface area contributed by atoms with E-state index in [2.05, 4.69) is 20.8 Å². The number of rotatable bonds is 2. The second-order valence-electron chi connectivity index (χ2n) is 4.91. The molecule has 1 rings (SSSR count). The fourth-order valence-electron chi connectivity index (χ4n) is 2.42. The smallest absolute Gasteiger partial charge is 0.421 e. The van der Waals surface area contributed by atoms with E-state index in [1.54, 1.807) is 0 Å². The lowest BCUT2D eigenvalue weighted by molar-refractivity contribution is 0.00622. The van der Waals surface area contributed by atoms with Gasteiger partial charge in [0.05, 0.1) is 0 Å². The van der Waals surface area contributed by atoms with Gasteiger partial charge in [0.25, 0.3) is 0 Å². The molecule has 1 aliphatic rings. The Morgan fingerprint density at radius 3 is 2.67 bits per heavy atom. The number of carbonyl (C=O) groups excluding carboxylic acids is 1. The van der Waals surface area contributed by atoms with Crippen LogP contribution in [-0.2, 0) is 4.74 Å². The maximum absolute atomic E-state index is 11.1. The van der Waals surface area contributed by atoms with Gasteiger partial charge < -0.3 is 4.74 Å². The third-order valence-corrected chi connectivity index (χ3v) is 3.34. The van der Waals surface area contributed by atoms with E-state index >= 15 is 0 Å². The minimum atomic E-state index is -0.514. The first-order valence-corrected chi connectivity index (χ1v) is 5.71. The quantitative estimate of drug-likeness (QED) is 0.420.